The Morgan fingerprint density at radius 3 is 2.79 bits per heavy atom. The van der Waals surface area contributed by atoms with Crippen molar-refractivity contribution in [1.82, 2.24) is 5.32 Å². The lowest BCUT2D eigenvalue weighted by molar-refractivity contribution is 0.171. The van der Waals surface area contributed by atoms with Crippen molar-refractivity contribution >= 4 is 0 Å². The maximum absolute atomic E-state index is 8.85. The largest absolute Gasteiger partial charge is 0.385 e. The van der Waals surface area contributed by atoms with Crippen molar-refractivity contribution in [3.63, 3.8) is 0 Å². The first-order chi connectivity index (χ1) is 9.19. The summed E-state index contributed by atoms with van der Waals surface area (Å²) < 4.78 is 5.17. The summed E-state index contributed by atoms with van der Waals surface area (Å²) in [4.78, 5) is 0. The minimum atomic E-state index is 0.483. The lowest BCUT2D eigenvalue weighted by Crippen LogP contribution is -2.25. The second-order valence-electron chi connectivity index (χ2n) is 5.60. The first-order valence-corrected chi connectivity index (χ1v) is 6.88. The van der Waals surface area contributed by atoms with E-state index < -0.39 is 0 Å². The van der Waals surface area contributed by atoms with Crippen LogP contribution in [0.1, 0.15) is 36.0 Å². The number of hydrogen-bond donors (Lipinski definition) is 1. The third-order valence-electron chi connectivity index (χ3n) is 4.08. The van der Waals surface area contributed by atoms with E-state index in [4.69, 9.17) is 10.00 Å². The van der Waals surface area contributed by atoms with Crippen LogP contribution in [0.5, 0.6) is 0 Å². The van der Waals surface area contributed by atoms with Crippen molar-refractivity contribution in [3.05, 3.63) is 34.9 Å². The summed E-state index contributed by atoms with van der Waals surface area (Å²) in [6.07, 6.45) is 3.79. The fourth-order valence-corrected chi connectivity index (χ4v) is 2.44. The van der Waals surface area contributed by atoms with Gasteiger partial charge in [-0.15, -0.1) is 0 Å². The van der Waals surface area contributed by atoms with Crippen LogP contribution in [0, 0.1) is 23.7 Å². The van der Waals surface area contributed by atoms with Crippen LogP contribution in [0.15, 0.2) is 18.2 Å². The van der Waals surface area contributed by atoms with Gasteiger partial charge < -0.3 is 10.1 Å². The van der Waals surface area contributed by atoms with Crippen LogP contribution in [0.2, 0.25) is 0 Å². The van der Waals surface area contributed by atoms with Crippen LogP contribution in [0.4, 0.5) is 0 Å². The smallest absolute Gasteiger partial charge is 0.0991 e. The molecule has 0 atom stereocenters. The van der Waals surface area contributed by atoms with Gasteiger partial charge in [-0.05, 0) is 54.9 Å². The monoisotopic (exact) mass is 258 g/mol. The van der Waals surface area contributed by atoms with Crippen molar-refractivity contribution in [1.29, 1.82) is 5.26 Å². The Balaban J connectivity index is 1.81. The maximum Gasteiger partial charge on any atom is 0.0991 e. The molecule has 0 amide bonds. The minimum absolute atomic E-state index is 0.483. The van der Waals surface area contributed by atoms with E-state index in [1.54, 1.807) is 7.11 Å². The van der Waals surface area contributed by atoms with E-state index in [0.29, 0.717) is 5.41 Å². The summed E-state index contributed by atoms with van der Waals surface area (Å²) in [6, 6.07) is 8.07. The van der Waals surface area contributed by atoms with Crippen LogP contribution in [0.25, 0.3) is 0 Å². The molecule has 1 aromatic rings. The molecular weight excluding hydrogens is 236 g/mol. The molecule has 1 aliphatic rings. The summed E-state index contributed by atoms with van der Waals surface area (Å²) in [5.74, 6) is 0. The van der Waals surface area contributed by atoms with E-state index in [0.717, 1.165) is 31.7 Å². The van der Waals surface area contributed by atoms with Gasteiger partial charge in [0.25, 0.3) is 0 Å². The second-order valence-corrected chi connectivity index (χ2v) is 5.60. The number of nitrogens with one attached hydrogen (secondary N) is 1. The van der Waals surface area contributed by atoms with Gasteiger partial charge in [-0.1, -0.05) is 6.07 Å². The normalized spacial score (nSPS) is 16.1. The highest BCUT2D eigenvalue weighted by Gasteiger charge is 2.41. The van der Waals surface area contributed by atoms with Crippen LogP contribution in [-0.2, 0) is 11.3 Å². The highest BCUT2D eigenvalue weighted by atomic mass is 16.5. The Morgan fingerprint density at radius 1 is 1.42 bits per heavy atom. The van der Waals surface area contributed by atoms with Crippen molar-refractivity contribution in [2.24, 2.45) is 5.41 Å². The van der Waals surface area contributed by atoms with Gasteiger partial charge in [0.1, 0.15) is 0 Å². The molecule has 0 bridgehead atoms. The molecule has 0 radical (unpaired) electrons. The molecule has 2 rings (SSSR count). The van der Waals surface area contributed by atoms with E-state index in [1.165, 1.54) is 24.0 Å². The van der Waals surface area contributed by atoms with Crippen LogP contribution >= 0.6 is 0 Å². The molecule has 1 aromatic carbocycles. The Kier molecular flexibility index (Phi) is 4.57. The van der Waals surface area contributed by atoms with Crippen LogP contribution in [-0.4, -0.2) is 20.3 Å². The highest BCUT2D eigenvalue weighted by Crippen LogP contribution is 2.48. The van der Waals surface area contributed by atoms with Crippen LogP contribution in [0.3, 0.4) is 0 Å². The van der Waals surface area contributed by atoms with Crippen LogP contribution < -0.4 is 5.32 Å². The first-order valence-electron chi connectivity index (χ1n) is 6.88. The zero-order chi connectivity index (χ0) is 13.7. The maximum atomic E-state index is 8.85. The molecule has 3 heteroatoms. The van der Waals surface area contributed by atoms with Crippen molar-refractivity contribution in [3.8, 4) is 6.07 Å². The molecule has 0 heterocycles. The molecule has 1 N–H and O–H groups in total. The van der Waals surface area contributed by atoms with Gasteiger partial charge in [-0.2, -0.15) is 5.26 Å². The van der Waals surface area contributed by atoms with Gasteiger partial charge in [0.05, 0.1) is 11.6 Å². The molecule has 1 fully saturated rings. The second kappa shape index (κ2) is 6.18. The Labute approximate surface area is 115 Å². The molecule has 0 saturated heterocycles. The Morgan fingerprint density at radius 2 is 2.21 bits per heavy atom. The average Bonchev–Trinajstić information content (AvgIpc) is 3.19. The Bertz CT molecular complexity index is 472. The lowest BCUT2D eigenvalue weighted by atomic mass is 10.0. The first kappa shape index (κ1) is 14.0. The number of methoxy groups -OCH3 is 1. The van der Waals surface area contributed by atoms with E-state index in [2.05, 4.69) is 24.4 Å². The van der Waals surface area contributed by atoms with E-state index in [9.17, 15) is 0 Å². The molecule has 3 nitrogen and oxygen atoms in total. The SMILES string of the molecule is COCCC1(CNCc2ccc(C#N)cc2C)CC1. The fourth-order valence-electron chi connectivity index (χ4n) is 2.44. The number of aryl methyl sites for hydroxylation is 1. The number of benzene rings is 1. The Hall–Kier alpha value is -1.37. The zero-order valence-electron chi connectivity index (χ0n) is 11.8. The number of rotatable bonds is 7. The highest BCUT2D eigenvalue weighted by molar-refractivity contribution is 5.37. The third-order valence-corrected chi connectivity index (χ3v) is 4.08. The quantitative estimate of drug-likeness (QED) is 0.818. The number of nitriles is 1. The van der Waals surface area contributed by atoms with Gasteiger partial charge in [-0.25, -0.2) is 0 Å². The van der Waals surface area contributed by atoms with Crippen molar-refractivity contribution < 1.29 is 4.74 Å². The van der Waals surface area contributed by atoms with Crippen molar-refractivity contribution in [2.45, 2.75) is 32.7 Å². The summed E-state index contributed by atoms with van der Waals surface area (Å²) in [7, 11) is 1.77. The predicted octanol–water partition coefficient (Wildman–Crippen LogP) is 2.77. The lowest BCUT2D eigenvalue weighted by Gasteiger charge is -2.16. The molecule has 1 aliphatic carbocycles. The van der Waals surface area contributed by atoms with Gasteiger partial charge >= 0.3 is 0 Å². The minimum Gasteiger partial charge on any atom is -0.385 e. The molecule has 0 aromatic heterocycles. The molecule has 19 heavy (non-hydrogen) atoms. The van der Waals surface area contributed by atoms with Gasteiger partial charge in [-0.3, -0.25) is 0 Å². The molecule has 1 saturated carbocycles. The van der Waals surface area contributed by atoms with E-state index >= 15 is 0 Å². The number of hydrogen-bond acceptors (Lipinski definition) is 3. The molecule has 0 spiro atoms. The molecule has 0 unspecified atom stereocenters. The average molecular weight is 258 g/mol. The molecule has 0 aliphatic heterocycles. The summed E-state index contributed by atoms with van der Waals surface area (Å²) in [5, 5.41) is 12.4. The standard InChI is InChI=1S/C16H22N2O/c1-13-9-14(10-17)3-4-15(13)11-18-12-16(5-6-16)7-8-19-2/h3-4,9,18H,5-8,11-12H2,1-2H3. The van der Waals surface area contributed by atoms with Gasteiger partial charge in [0, 0.05) is 26.8 Å². The summed E-state index contributed by atoms with van der Waals surface area (Å²) in [6.45, 7) is 4.87. The van der Waals surface area contributed by atoms with E-state index in [-0.39, 0.29) is 0 Å². The fraction of sp³-hybridized carbons (Fsp3) is 0.562. The third kappa shape index (κ3) is 3.79. The summed E-state index contributed by atoms with van der Waals surface area (Å²) >= 11 is 0. The van der Waals surface area contributed by atoms with E-state index in [1.807, 2.05) is 12.1 Å². The summed E-state index contributed by atoms with van der Waals surface area (Å²) in [5.41, 5.74) is 3.69. The molecule has 102 valence electrons. The van der Waals surface area contributed by atoms with Crippen molar-refractivity contribution in [2.75, 3.05) is 20.3 Å². The van der Waals surface area contributed by atoms with Gasteiger partial charge in [0.15, 0.2) is 0 Å². The topological polar surface area (TPSA) is 45.0 Å². The number of ether oxygens (including phenoxy) is 1. The number of nitrogens with zero attached hydrogens (tertiary/aromatic N) is 1. The zero-order valence-corrected chi connectivity index (χ0v) is 11.8. The molecular formula is C16H22N2O. The predicted molar refractivity (Wildman–Crippen MR) is 75.8 cm³/mol. The van der Waals surface area contributed by atoms with Gasteiger partial charge in [0.2, 0.25) is 0 Å².